The number of rotatable bonds is 6. The average molecular weight is 463 g/mol. The fraction of sp³-hybridized carbons (Fsp3) is 0.583. The van der Waals surface area contributed by atoms with Crippen molar-refractivity contribution < 1.29 is 14.7 Å². The van der Waals surface area contributed by atoms with Crippen molar-refractivity contribution in [3.05, 3.63) is 35.0 Å². The molecule has 1 aliphatic rings. The summed E-state index contributed by atoms with van der Waals surface area (Å²) in [6.07, 6.45) is -0.471. The molecule has 1 aromatic carbocycles. The second-order valence-electron chi connectivity index (χ2n) is 10.2. The molecule has 0 aliphatic carbocycles. The van der Waals surface area contributed by atoms with E-state index in [2.05, 4.69) is 10.6 Å². The molecule has 8 heteroatoms. The molecule has 0 radical (unpaired) electrons. The molecule has 1 fully saturated rings. The predicted molar refractivity (Wildman–Crippen MR) is 127 cm³/mol. The fourth-order valence-corrected chi connectivity index (χ4v) is 4.49. The maximum atomic E-state index is 13.4. The second-order valence-corrected chi connectivity index (χ2v) is 10.5. The van der Waals surface area contributed by atoms with E-state index in [1.165, 1.54) is 4.90 Å². The van der Waals surface area contributed by atoms with Crippen molar-refractivity contribution in [1.82, 2.24) is 20.1 Å². The number of β-amino-alcohol motifs (C(OH)–C–C–N with tert-alkyl or cyclic N) is 1. The largest absolute Gasteiger partial charge is 0.391 e. The normalized spacial score (nSPS) is 20.2. The molecule has 2 amide bonds. The van der Waals surface area contributed by atoms with Gasteiger partial charge in [-0.3, -0.25) is 9.59 Å². The first-order valence-corrected chi connectivity index (χ1v) is 11.5. The molecular formula is C24H35ClN4O3. The van der Waals surface area contributed by atoms with E-state index in [0.29, 0.717) is 11.7 Å². The maximum Gasteiger partial charge on any atom is 0.243 e. The van der Waals surface area contributed by atoms with Crippen LogP contribution in [0.2, 0.25) is 5.15 Å². The summed E-state index contributed by atoms with van der Waals surface area (Å²) >= 11 is 6.19. The Bertz CT molecular complexity index is 995. The summed E-state index contributed by atoms with van der Waals surface area (Å²) in [7, 11) is 1.90. The maximum absolute atomic E-state index is 13.4. The number of nitrogens with zero attached hydrogens (tertiary/aromatic N) is 2. The highest BCUT2D eigenvalue weighted by Crippen LogP contribution is 2.27. The van der Waals surface area contributed by atoms with Crippen molar-refractivity contribution >= 4 is 34.3 Å². The van der Waals surface area contributed by atoms with Crippen molar-refractivity contribution in [2.24, 2.45) is 12.5 Å². The second kappa shape index (κ2) is 9.41. The molecule has 1 aromatic heterocycles. The van der Waals surface area contributed by atoms with Crippen LogP contribution in [0.3, 0.4) is 0 Å². The summed E-state index contributed by atoms with van der Waals surface area (Å²) in [5.41, 5.74) is 1.63. The van der Waals surface area contributed by atoms with Gasteiger partial charge in [-0.25, -0.2) is 0 Å². The van der Waals surface area contributed by atoms with E-state index in [9.17, 15) is 14.7 Å². The van der Waals surface area contributed by atoms with Crippen LogP contribution in [0, 0.1) is 5.41 Å². The van der Waals surface area contributed by atoms with Crippen LogP contribution in [0.25, 0.3) is 10.9 Å². The predicted octanol–water partition coefficient (Wildman–Crippen LogP) is 2.82. The minimum absolute atomic E-state index is 0.115. The van der Waals surface area contributed by atoms with Gasteiger partial charge in [0.15, 0.2) is 0 Å². The van der Waals surface area contributed by atoms with Gasteiger partial charge >= 0.3 is 0 Å². The summed E-state index contributed by atoms with van der Waals surface area (Å²) in [5, 5.41) is 18.2. The molecule has 32 heavy (non-hydrogen) atoms. The molecule has 3 N–H and O–H groups in total. The third-order valence-electron chi connectivity index (χ3n) is 5.99. The number of halogens is 1. The van der Waals surface area contributed by atoms with Crippen LogP contribution in [0.1, 0.15) is 46.6 Å². The molecule has 7 nitrogen and oxygen atoms in total. The molecule has 0 bridgehead atoms. The SMILES string of the molecule is CC(C)N[C@H](C(=O)N1C[C@H](O)C[C@H]1C(=O)NCc1ccc2c(c1)cc(Cl)n2C)C(C)(C)C. The van der Waals surface area contributed by atoms with Crippen molar-refractivity contribution in [2.45, 2.75) is 71.8 Å². The molecule has 0 saturated carbocycles. The van der Waals surface area contributed by atoms with Crippen molar-refractivity contribution in [2.75, 3.05) is 6.54 Å². The number of aryl methyl sites for hydroxylation is 1. The zero-order chi connectivity index (χ0) is 23.8. The quantitative estimate of drug-likeness (QED) is 0.616. The van der Waals surface area contributed by atoms with E-state index >= 15 is 0 Å². The van der Waals surface area contributed by atoms with Crippen molar-refractivity contribution in [3.63, 3.8) is 0 Å². The first-order chi connectivity index (χ1) is 14.9. The monoisotopic (exact) mass is 462 g/mol. The smallest absolute Gasteiger partial charge is 0.243 e. The molecule has 176 valence electrons. The molecule has 2 heterocycles. The first kappa shape index (κ1) is 24.6. The Hall–Kier alpha value is -2.09. The first-order valence-electron chi connectivity index (χ1n) is 11.1. The Kier molecular flexibility index (Phi) is 7.22. The number of aliphatic hydroxyl groups excluding tert-OH is 1. The van der Waals surface area contributed by atoms with E-state index in [4.69, 9.17) is 11.6 Å². The van der Waals surface area contributed by atoms with Gasteiger partial charge in [0.25, 0.3) is 0 Å². The Morgan fingerprint density at radius 3 is 2.56 bits per heavy atom. The number of benzene rings is 1. The fourth-order valence-electron chi connectivity index (χ4n) is 4.28. The molecule has 1 saturated heterocycles. The molecule has 0 spiro atoms. The lowest BCUT2D eigenvalue weighted by Crippen LogP contribution is -2.57. The van der Waals surface area contributed by atoms with E-state index in [0.717, 1.165) is 16.5 Å². The minimum Gasteiger partial charge on any atom is -0.391 e. The molecule has 3 atom stereocenters. The van der Waals surface area contributed by atoms with Gasteiger partial charge in [-0.15, -0.1) is 0 Å². The molecule has 1 aliphatic heterocycles. The number of hydrogen-bond acceptors (Lipinski definition) is 4. The van der Waals surface area contributed by atoms with Gasteiger partial charge in [0.2, 0.25) is 11.8 Å². The number of aliphatic hydroxyl groups is 1. The Morgan fingerprint density at radius 2 is 1.94 bits per heavy atom. The number of carbonyl (C=O) groups excluding carboxylic acids is 2. The van der Waals surface area contributed by atoms with Gasteiger partial charge in [0, 0.05) is 43.5 Å². The van der Waals surface area contributed by atoms with Gasteiger partial charge in [0.1, 0.15) is 11.2 Å². The number of carbonyl (C=O) groups is 2. The topological polar surface area (TPSA) is 86.6 Å². The van der Waals surface area contributed by atoms with Crippen molar-refractivity contribution in [3.8, 4) is 0 Å². The van der Waals surface area contributed by atoms with Gasteiger partial charge in [0.05, 0.1) is 12.1 Å². The van der Waals surface area contributed by atoms with Crippen LogP contribution in [-0.2, 0) is 23.2 Å². The number of fused-ring (bicyclic) bond motifs is 1. The lowest BCUT2D eigenvalue weighted by Gasteiger charge is -2.36. The highest BCUT2D eigenvalue weighted by Gasteiger charge is 2.43. The molecule has 3 rings (SSSR count). The highest BCUT2D eigenvalue weighted by molar-refractivity contribution is 6.30. The van der Waals surface area contributed by atoms with Gasteiger partial charge < -0.3 is 25.2 Å². The summed E-state index contributed by atoms with van der Waals surface area (Å²) in [6.45, 7) is 10.5. The number of nitrogens with one attached hydrogen (secondary N) is 2. The summed E-state index contributed by atoms with van der Waals surface area (Å²) in [5.74, 6) is -0.401. The minimum atomic E-state index is -0.711. The van der Waals surface area contributed by atoms with Crippen LogP contribution in [0.5, 0.6) is 0 Å². The van der Waals surface area contributed by atoms with Gasteiger partial charge in [-0.05, 0) is 29.2 Å². The van der Waals surface area contributed by atoms with Crippen LogP contribution >= 0.6 is 11.6 Å². The number of amides is 2. The Balaban J connectivity index is 1.72. The van der Waals surface area contributed by atoms with Crippen LogP contribution in [0.4, 0.5) is 0 Å². The number of aromatic nitrogens is 1. The van der Waals surface area contributed by atoms with Crippen molar-refractivity contribution in [1.29, 1.82) is 0 Å². The Morgan fingerprint density at radius 1 is 1.25 bits per heavy atom. The molecule has 2 aromatic rings. The third kappa shape index (κ3) is 5.27. The molecular weight excluding hydrogens is 428 g/mol. The zero-order valence-corrected chi connectivity index (χ0v) is 20.5. The van der Waals surface area contributed by atoms with E-state index in [-0.39, 0.29) is 36.2 Å². The van der Waals surface area contributed by atoms with E-state index in [1.807, 2.05) is 70.5 Å². The Labute approximate surface area is 195 Å². The zero-order valence-electron chi connectivity index (χ0n) is 19.8. The third-order valence-corrected chi connectivity index (χ3v) is 6.36. The van der Waals surface area contributed by atoms with Gasteiger partial charge in [-0.2, -0.15) is 0 Å². The number of hydrogen-bond donors (Lipinski definition) is 3. The molecule has 0 unspecified atom stereocenters. The highest BCUT2D eigenvalue weighted by atomic mass is 35.5. The summed E-state index contributed by atoms with van der Waals surface area (Å²) in [4.78, 5) is 28.0. The van der Waals surface area contributed by atoms with Crippen LogP contribution < -0.4 is 10.6 Å². The van der Waals surface area contributed by atoms with Gasteiger partial charge in [-0.1, -0.05) is 52.3 Å². The van der Waals surface area contributed by atoms with Crippen LogP contribution in [0.15, 0.2) is 24.3 Å². The van der Waals surface area contributed by atoms with E-state index in [1.54, 1.807) is 0 Å². The summed E-state index contributed by atoms with van der Waals surface area (Å²) < 4.78 is 1.90. The lowest BCUT2D eigenvalue weighted by atomic mass is 9.85. The number of likely N-dealkylation sites (tertiary alicyclic amines) is 1. The summed E-state index contributed by atoms with van der Waals surface area (Å²) in [6, 6.07) is 6.79. The lowest BCUT2D eigenvalue weighted by molar-refractivity contribution is -0.142. The standard InChI is InChI=1S/C24H35ClN4O3/c1-14(2)27-21(24(3,4)5)23(32)29-13-17(30)11-19(29)22(31)26-12-15-7-8-18-16(9-15)10-20(25)28(18)6/h7-10,14,17,19,21,27,30H,11-13H2,1-6H3,(H,26,31)/t17-,19+,21-/m1/s1. The average Bonchev–Trinajstić information content (AvgIpc) is 3.22. The van der Waals surface area contributed by atoms with E-state index < -0.39 is 18.2 Å². The van der Waals surface area contributed by atoms with Crippen LogP contribution in [-0.4, -0.2) is 57.2 Å².